The number of aromatic hydroxyl groups is 1. The molecule has 1 unspecified atom stereocenters. The lowest BCUT2D eigenvalue weighted by atomic mass is 9.69. The number of amides is 2. The average Bonchev–Trinajstić information content (AvgIpc) is 3.52. The van der Waals surface area contributed by atoms with Gasteiger partial charge in [0, 0.05) is 56.2 Å². The van der Waals surface area contributed by atoms with Crippen molar-refractivity contribution in [3.63, 3.8) is 0 Å². The van der Waals surface area contributed by atoms with Crippen LogP contribution in [0.3, 0.4) is 0 Å². The van der Waals surface area contributed by atoms with Crippen molar-refractivity contribution in [1.29, 1.82) is 0 Å². The molecular weight excluding hydrogens is 703 g/mol. The van der Waals surface area contributed by atoms with Crippen LogP contribution in [-0.2, 0) is 22.5 Å². The Labute approximate surface area is 329 Å². The number of allylic oxidation sites excluding steroid dienone is 1. The number of phenolic OH excluding ortho intramolecular Hbond substituents is 1. The zero-order chi connectivity index (χ0) is 38.2. The number of rotatable bonds is 11. The maximum Gasteiger partial charge on any atom is 0.255 e. The van der Waals surface area contributed by atoms with Gasteiger partial charge in [0.15, 0.2) is 0 Å². The van der Waals surface area contributed by atoms with E-state index in [1.165, 1.54) is 22.3 Å². The van der Waals surface area contributed by atoms with Gasteiger partial charge in [-0.05, 0) is 109 Å². The molecule has 9 heteroatoms. The molecule has 5 aliphatic rings. The van der Waals surface area contributed by atoms with E-state index < -0.39 is 6.04 Å². The minimum absolute atomic E-state index is 0.110. The van der Waals surface area contributed by atoms with Crippen molar-refractivity contribution < 1.29 is 28.9 Å². The number of hydrogen-bond donors (Lipinski definition) is 2. The van der Waals surface area contributed by atoms with Crippen LogP contribution in [0.5, 0.6) is 17.2 Å². The normalized spacial score (nSPS) is 25.2. The lowest BCUT2D eigenvalue weighted by molar-refractivity contribution is -0.126. The zero-order valence-electron chi connectivity index (χ0n) is 31.9. The Morgan fingerprint density at radius 1 is 0.768 bits per heavy atom. The van der Waals surface area contributed by atoms with Crippen LogP contribution >= 0.6 is 0 Å². The summed E-state index contributed by atoms with van der Waals surface area (Å²) >= 11 is 0. The molecule has 2 N–H and O–H groups in total. The molecule has 3 atom stereocenters. The van der Waals surface area contributed by atoms with Crippen LogP contribution in [0.2, 0.25) is 0 Å². The monoisotopic (exact) mass is 753 g/mol. The highest BCUT2D eigenvalue weighted by Gasteiger charge is 2.39. The Balaban J connectivity index is 0.705. The second-order valence-electron chi connectivity index (χ2n) is 16.2. The fraction of sp³-hybridized carbons (Fsp3) is 0.404. The van der Waals surface area contributed by atoms with Crippen LogP contribution in [0.25, 0.3) is 0 Å². The molecule has 0 aromatic heterocycles. The summed E-state index contributed by atoms with van der Waals surface area (Å²) in [4.78, 5) is 29.8. The van der Waals surface area contributed by atoms with Crippen LogP contribution < -0.4 is 14.8 Å². The first-order valence-electron chi connectivity index (χ1n) is 20.4. The number of carbonyl (C=O) groups excluding carboxylic acids is 2. The number of hydrogen-bond acceptors (Lipinski definition) is 7. The van der Waals surface area contributed by atoms with E-state index in [2.05, 4.69) is 77.5 Å². The molecule has 3 aliphatic heterocycles. The van der Waals surface area contributed by atoms with Crippen LogP contribution in [0, 0.1) is 0 Å². The number of fused-ring (bicyclic) bond motifs is 2. The highest BCUT2D eigenvalue weighted by Crippen LogP contribution is 2.47. The quantitative estimate of drug-likeness (QED) is 0.164. The predicted octanol–water partition coefficient (Wildman–Crippen LogP) is 7.47. The SMILES string of the molecule is C=C1CCC(N2Cc3ccc(OCCN4CCC(OC5CC(Oc6ccc([C@@H]7c8ccc(O)cc8CC[C@@H]7c7ccccc7)cc6)C5)CC4)cc3C2=O)C(=O)N1. The number of nitrogens with one attached hydrogen (secondary N) is 1. The standard InChI is InChI=1S/C47H51N3O6/c1-30-7-18-44(46(52)48-30)50-29-34-10-15-38(28-43(34)47(50)53)54-24-23-49-21-19-37(20-22-49)56-40-26-39(27-40)55-36-13-8-32(9-14-36)45-41(31-5-3-2-4-6-31)16-11-33-25-35(51)12-17-42(33)45/h2-6,8-10,12-15,17,25,28,37,39-41,44-45,51H,1,7,11,16,18-24,26-27,29H2,(H,48,52)/t39?,40?,41-,44?,45+/m1/s1. The van der Waals surface area contributed by atoms with E-state index in [9.17, 15) is 14.7 Å². The summed E-state index contributed by atoms with van der Waals surface area (Å²) in [7, 11) is 0. The molecular formula is C47H51N3O6. The third kappa shape index (κ3) is 7.67. The highest BCUT2D eigenvalue weighted by molar-refractivity contribution is 6.01. The number of phenols is 1. The Morgan fingerprint density at radius 3 is 2.34 bits per heavy atom. The number of ether oxygens (including phenoxy) is 3. The van der Waals surface area contributed by atoms with E-state index in [4.69, 9.17) is 14.2 Å². The Bertz CT molecular complexity index is 2070. The van der Waals surface area contributed by atoms with E-state index in [0.29, 0.717) is 54.7 Å². The van der Waals surface area contributed by atoms with Gasteiger partial charge in [-0.3, -0.25) is 14.5 Å². The lowest BCUT2D eigenvalue weighted by Crippen LogP contribution is -2.49. The fourth-order valence-corrected chi connectivity index (χ4v) is 9.49. The first-order valence-corrected chi connectivity index (χ1v) is 20.4. The molecule has 4 aromatic rings. The summed E-state index contributed by atoms with van der Waals surface area (Å²) in [5, 5.41) is 13.0. The molecule has 290 valence electrons. The molecule has 1 saturated carbocycles. The van der Waals surface area contributed by atoms with Crippen molar-refractivity contribution in [1.82, 2.24) is 15.1 Å². The van der Waals surface area contributed by atoms with E-state index in [-0.39, 0.29) is 36.0 Å². The van der Waals surface area contributed by atoms with Crippen molar-refractivity contribution in [3.8, 4) is 17.2 Å². The van der Waals surface area contributed by atoms with Crippen LogP contribution in [-0.4, -0.2) is 77.3 Å². The van der Waals surface area contributed by atoms with Gasteiger partial charge >= 0.3 is 0 Å². The van der Waals surface area contributed by atoms with Gasteiger partial charge in [0.2, 0.25) is 5.91 Å². The average molecular weight is 754 g/mol. The maximum absolute atomic E-state index is 13.2. The van der Waals surface area contributed by atoms with Crippen LogP contribution in [0.15, 0.2) is 103 Å². The van der Waals surface area contributed by atoms with Gasteiger partial charge in [-0.25, -0.2) is 0 Å². The summed E-state index contributed by atoms with van der Waals surface area (Å²) < 4.78 is 19.0. The Morgan fingerprint density at radius 2 is 1.55 bits per heavy atom. The van der Waals surface area contributed by atoms with Gasteiger partial charge < -0.3 is 29.5 Å². The van der Waals surface area contributed by atoms with Crippen molar-refractivity contribution in [2.45, 2.75) is 94.1 Å². The second kappa shape index (κ2) is 15.8. The van der Waals surface area contributed by atoms with E-state index in [1.807, 2.05) is 30.3 Å². The molecule has 56 heavy (non-hydrogen) atoms. The Kier molecular flexibility index (Phi) is 10.3. The van der Waals surface area contributed by atoms with Gasteiger partial charge in [0.05, 0.1) is 12.2 Å². The molecule has 9 nitrogen and oxygen atoms in total. The maximum atomic E-state index is 13.2. The molecule has 0 radical (unpaired) electrons. The molecule has 3 heterocycles. The zero-order valence-corrected chi connectivity index (χ0v) is 31.9. The molecule has 2 saturated heterocycles. The molecule has 0 bridgehead atoms. The first kappa shape index (κ1) is 36.5. The third-order valence-corrected chi connectivity index (χ3v) is 12.6. The van der Waals surface area contributed by atoms with E-state index in [0.717, 1.165) is 69.5 Å². The fourth-order valence-electron chi connectivity index (χ4n) is 9.49. The predicted molar refractivity (Wildman–Crippen MR) is 214 cm³/mol. The molecule has 9 rings (SSSR count). The largest absolute Gasteiger partial charge is 0.508 e. The molecule has 2 amide bonds. The summed E-state index contributed by atoms with van der Waals surface area (Å²) in [5.41, 5.74) is 7.44. The minimum atomic E-state index is -0.460. The summed E-state index contributed by atoms with van der Waals surface area (Å²) in [6, 6.07) is 30.6. The number of piperidine rings is 2. The molecule has 2 aliphatic carbocycles. The number of nitrogens with zero attached hydrogens (tertiary/aromatic N) is 2. The van der Waals surface area contributed by atoms with Gasteiger partial charge in [0.1, 0.15) is 36.0 Å². The lowest BCUT2D eigenvalue weighted by Gasteiger charge is -2.40. The van der Waals surface area contributed by atoms with E-state index >= 15 is 0 Å². The van der Waals surface area contributed by atoms with Gasteiger partial charge in [-0.2, -0.15) is 0 Å². The smallest absolute Gasteiger partial charge is 0.255 e. The number of benzene rings is 4. The number of carbonyl (C=O) groups is 2. The van der Waals surface area contributed by atoms with Crippen LogP contribution in [0.1, 0.15) is 95.0 Å². The molecule has 3 fully saturated rings. The topological polar surface area (TPSA) is 101 Å². The van der Waals surface area contributed by atoms with Crippen molar-refractivity contribution >= 4 is 11.8 Å². The number of aryl methyl sites for hydroxylation is 1. The van der Waals surface area contributed by atoms with Crippen molar-refractivity contribution in [2.24, 2.45) is 0 Å². The number of likely N-dealkylation sites (tertiary alicyclic amines) is 1. The summed E-state index contributed by atoms with van der Waals surface area (Å²) in [6.45, 7) is 7.60. The van der Waals surface area contributed by atoms with Crippen molar-refractivity contribution in [3.05, 3.63) is 137 Å². The molecule has 0 spiro atoms. The first-order chi connectivity index (χ1) is 27.3. The van der Waals surface area contributed by atoms with Gasteiger partial charge in [0.25, 0.3) is 5.91 Å². The van der Waals surface area contributed by atoms with Crippen molar-refractivity contribution in [2.75, 3.05) is 26.2 Å². The molecule has 4 aromatic carbocycles. The van der Waals surface area contributed by atoms with Crippen LogP contribution in [0.4, 0.5) is 0 Å². The Hall–Kier alpha value is -5.12. The second-order valence-corrected chi connectivity index (χ2v) is 16.2. The highest BCUT2D eigenvalue weighted by atomic mass is 16.5. The van der Waals surface area contributed by atoms with E-state index in [1.54, 1.807) is 4.90 Å². The summed E-state index contributed by atoms with van der Waals surface area (Å²) in [6.07, 6.45) is 7.80. The third-order valence-electron chi connectivity index (χ3n) is 12.6. The minimum Gasteiger partial charge on any atom is -0.508 e. The van der Waals surface area contributed by atoms with Gasteiger partial charge in [-0.1, -0.05) is 61.2 Å². The van der Waals surface area contributed by atoms with Gasteiger partial charge in [-0.15, -0.1) is 0 Å². The summed E-state index contributed by atoms with van der Waals surface area (Å²) in [5.74, 6) is 2.26.